The highest BCUT2D eigenvalue weighted by Crippen LogP contribution is 2.19. The molecule has 0 aliphatic heterocycles. The first kappa shape index (κ1) is 19.1. The number of nitrogens with zero attached hydrogens (tertiary/aromatic N) is 2. The molecular formula is C20H19N3O5. The third-order valence-corrected chi connectivity index (χ3v) is 3.63. The number of esters is 1. The standard InChI is InChI=1S/C20H19N3O5/c1-14-6-5-7-15(10-14)20-23-22-18(28-20)13-27-19(25)11-21-17(24)12-26-16-8-3-2-4-9-16/h2-10H,11-13H2,1H3,(H,21,24). The minimum Gasteiger partial charge on any atom is -0.484 e. The van der Waals surface area contributed by atoms with E-state index in [0.717, 1.165) is 11.1 Å². The van der Waals surface area contributed by atoms with Gasteiger partial charge >= 0.3 is 5.97 Å². The van der Waals surface area contributed by atoms with Gasteiger partial charge in [0.2, 0.25) is 5.89 Å². The first-order chi connectivity index (χ1) is 13.6. The van der Waals surface area contributed by atoms with Crippen LogP contribution >= 0.6 is 0 Å². The predicted octanol–water partition coefficient (Wildman–Crippen LogP) is 2.28. The summed E-state index contributed by atoms with van der Waals surface area (Å²) in [5.41, 5.74) is 1.85. The zero-order valence-corrected chi connectivity index (χ0v) is 15.3. The van der Waals surface area contributed by atoms with Crippen LogP contribution in [-0.2, 0) is 20.9 Å². The lowest BCUT2D eigenvalue weighted by atomic mass is 10.1. The molecule has 144 valence electrons. The highest BCUT2D eigenvalue weighted by atomic mass is 16.5. The Balaban J connectivity index is 1.39. The van der Waals surface area contributed by atoms with Gasteiger partial charge in [-0.15, -0.1) is 10.2 Å². The Bertz CT molecular complexity index is 940. The van der Waals surface area contributed by atoms with Crippen molar-refractivity contribution in [3.8, 4) is 17.2 Å². The van der Waals surface area contributed by atoms with Gasteiger partial charge in [0, 0.05) is 5.56 Å². The summed E-state index contributed by atoms with van der Waals surface area (Å²) in [6, 6.07) is 16.5. The summed E-state index contributed by atoms with van der Waals surface area (Å²) in [5, 5.41) is 10.2. The van der Waals surface area contributed by atoms with Crippen LogP contribution in [0.25, 0.3) is 11.5 Å². The van der Waals surface area contributed by atoms with Crippen LogP contribution in [0.5, 0.6) is 5.75 Å². The van der Waals surface area contributed by atoms with Gasteiger partial charge in [0.05, 0.1) is 0 Å². The van der Waals surface area contributed by atoms with Crippen LogP contribution in [-0.4, -0.2) is 35.2 Å². The van der Waals surface area contributed by atoms with E-state index in [-0.39, 0.29) is 25.6 Å². The van der Waals surface area contributed by atoms with Gasteiger partial charge in [-0.2, -0.15) is 0 Å². The lowest BCUT2D eigenvalue weighted by molar-refractivity contribution is -0.145. The van der Waals surface area contributed by atoms with Gasteiger partial charge in [-0.25, -0.2) is 0 Å². The number of benzene rings is 2. The number of aromatic nitrogens is 2. The Morgan fingerprint density at radius 3 is 2.68 bits per heavy atom. The molecule has 0 aliphatic rings. The van der Waals surface area contributed by atoms with Crippen molar-refractivity contribution in [2.45, 2.75) is 13.5 Å². The lowest BCUT2D eigenvalue weighted by Gasteiger charge is -2.07. The summed E-state index contributed by atoms with van der Waals surface area (Å²) < 4.78 is 15.8. The molecule has 1 N–H and O–H groups in total. The van der Waals surface area contributed by atoms with Crippen LogP contribution in [0.1, 0.15) is 11.5 Å². The average molecular weight is 381 g/mol. The van der Waals surface area contributed by atoms with E-state index in [9.17, 15) is 9.59 Å². The zero-order valence-electron chi connectivity index (χ0n) is 15.3. The number of hydrogen-bond acceptors (Lipinski definition) is 7. The van der Waals surface area contributed by atoms with E-state index in [0.29, 0.717) is 11.6 Å². The summed E-state index contributed by atoms with van der Waals surface area (Å²) in [7, 11) is 0. The average Bonchev–Trinajstić information content (AvgIpc) is 3.19. The normalized spacial score (nSPS) is 10.3. The van der Waals surface area contributed by atoms with E-state index in [1.165, 1.54) is 0 Å². The SMILES string of the molecule is Cc1cccc(-c2nnc(COC(=O)CNC(=O)COc3ccccc3)o2)c1. The van der Waals surface area contributed by atoms with Crippen LogP contribution in [0.15, 0.2) is 59.0 Å². The van der Waals surface area contributed by atoms with Crippen molar-refractivity contribution < 1.29 is 23.5 Å². The minimum absolute atomic E-state index is 0.170. The van der Waals surface area contributed by atoms with Gasteiger partial charge in [-0.1, -0.05) is 35.9 Å². The highest BCUT2D eigenvalue weighted by Gasteiger charge is 2.12. The number of amides is 1. The van der Waals surface area contributed by atoms with Crippen molar-refractivity contribution in [3.05, 3.63) is 66.1 Å². The maximum absolute atomic E-state index is 11.7. The summed E-state index contributed by atoms with van der Waals surface area (Å²) in [6.45, 7) is 1.31. The number of nitrogens with one attached hydrogen (secondary N) is 1. The van der Waals surface area contributed by atoms with Crippen molar-refractivity contribution in [1.29, 1.82) is 0 Å². The zero-order chi connectivity index (χ0) is 19.8. The molecular weight excluding hydrogens is 362 g/mol. The molecule has 2 aromatic carbocycles. The number of carbonyl (C=O) groups is 2. The van der Waals surface area contributed by atoms with Crippen molar-refractivity contribution in [2.24, 2.45) is 0 Å². The molecule has 28 heavy (non-hydrogen) atoms. The molecule has 0 fully saturated rings. The second-order valence-corrected chi connectivity index (χ2v) is 5.91. The van der Waals surface area contributed by atoms with Gasteiger partial charge < -0.3 is 19.2 Å². The number of para-hydroxylation sites is 1. The van der Waals surface area contributed by atoms with Crippen LogP contribution < -0.4 is 10.1 Å². The second-order valence-electron chi connectivity index (χ2n) is 5.91. The molecule has 8 nitrogen and oxygen atoms in total. The molecule has 1 heterocycles. The van der Waals surface area contributed by atoms with Crippen molar-refractivity contribution in [1.82, 2.24) is 15.5 Å². The third kappa shape index (κ3) is 5.66. The number of rotatable bonds is 8. The molecule has 3 aromatic rings. The molecule has 8 heteroatoms. The summed E-state index contributed by atoms with van der Waals surface area (Å²) in [4.78, 5) is 23.4. The summed E-state index contributed by atoms with van der Waals surface area (Å²) >= 11 is 0. The molecule has 0 bridgehead atoms. The van der Waals surface area contributed by atoms with E-state index in [1.54, 1.807) is 24.3 Å². The van der Waals surface area contributed by atoms with E-state index in [2.05, 4.69) is 15.5 Å². The van der Waals surface area contributed by atoms with Crippen molar-refractivity contribution in [2.75, 3.05) is 13.2 Å². The van der Waals surface area contributed by atoms with Crippen LogP contribution in [0.2, 0.25) is 0 Å². The van der Waals surface area contributed by atoms with Crippen molar-refractivity contribution in [3.63, 3.8) is 0 Å². The molecule has 0 atom stereocenters. The highest BCUT2D eigenvalue weighted by molar-refractivity contribution is 5.82. The van der Waals surface area contributed by atoms with Crippen LogP contribution in [0, 0.1) is 6.92 Å². The fourth-order valence-corrected chi connectivity index (χ4v) is 2.29. The van der Waals surface area contributed by atoms with Gasteiger partial charge in [0.1, 0.15) is 12.3 Å². The van der Waals surface area contributed by atoms with Crippen LogP contribution in [0.4, 0.5) is 0 Å². The molecule has 1 aromatic heterocycles. The fourth-order valence-electron chi connectivity index (χ4n) is 2.29. The topological polar surface area (TPSA) is 104 Å². The Kier molecular flexibility index (Phi) is 6.35. The molecule has 0 spiro atoms. The first-order valence-electron chi connectivity index (χ1n) is 8.60. The van der Waals surface area contributed by atoms with E-state index < -0.39 is 11.9 Å². The molecule has 0 saturated heterocycles. The minimum atomic E-state index is -0.622. The Labute approximate surface area is 161 Å². The smallest absolute Gasteiger partial charge is 0.325 e. The Morgan fingerprint density at radius 1 is 1.07 bits per heavy atom. The number of ether oxygens (including phenoxy) is 2. The predicted molar refractivity (Wildman–Crippen MR) is 99.2 cm³/mol. The number of aryl methyl sites for hydroxylation is 1. The number of carbonyl (C=O) groups excluding carboxylic acids is 2. The first-order valence-corrected chi connectivity index (χ1v) is 8.60. The molecule has 0 radical (unpaired) electrons. The molecule has 0 unspecified atom stereocenters. The largest absolute Gasteiger partial charge is 0.484 e. The van der Waals surface area contributed by atoms with Crippen LogP contribution in [0.3, 0.4) is 0 Å². The molecule has 0 saturated carbocycles. The monoisotopic (exact) mass is 381 g/mol. The Morgan fingerprint density at radius 2 is 1.89 bits per heavy atom. The third-order valence-electron chi connectivity index (χ3n) is 3.63. The molecule has 3 rings (SSSR count). The quantitative estimate of drug-likeness (QED) is 0.597. The van der Waals surface area contributed by atoms with E-state index in [4.69, 9.17) is 13.9 Å². The van der Waals surface area contributed by atoms with Gasteiger partial charge in [0.25, 0.3) is 11.8 Å². The van der Waals surface area contributed by atoms with E-state index >= 15 is 0 Å². The Hall–Kier alpha value is -3.68. The fraction of sp³-hybridized carbons (Fsp3) is 0.200. The molecule has 1 amide bonds. The van der Waals surface area contributed by atoms with E-state index in [1.807, 2.05) is 37.3 Å². The van der Waals surface area contributed by atoms with Crippen molar-refractivity contribution >= 4 is 11.9 Å². The number of hydrogen-bond donors (Lipinski definition) is 1. The van der Waals surface area contributed by atoms with Gasteiger partial charge in [-0.05, 0) is 31.2 Å². The maximum atomic E-state index is 11.7. The lowest BCUT2D eigenvalue weighted by Crippen LogP contribution is -2.34. The van der Waals surface area contributed by atoms with Gasteiger partial charge in [0.15, 0.2) is 13.2 Å². The summed E-state index contributed by atoms with van der Waals surface area (Å²) in [5.74, 6) is 0.0365. The molecule has 0 aliphatic carbocycles. The second kappa shape index (κ2) is 9.31. The van der Waals surface area contributed by atoms with Gasteiger partial charge in [-0.3, -0.25) is 9.59 Å². The maximum Gasteiger partial charge on any atom is 0.325 e. The summed E-state index contributed by atoms with van der Waals surface area (Å²) in [6.07, 6.45) is 0.